The smallest absolute Gasteiger partial charge is 0.345 e. The van der Waals surface area contributed by atoms with Gasteiger partial charge in [0, 0.05) is 0 Å². The highest BCUT2D eigenvalue weighted by Gasteiger charge is 2.22. The van der Waals surface area contributed by atoms with Gasteiger partial charge in [-0.15, -0.1) is 4.40 Å². The normalized spacial score (nSPS) is 17.9. The lowest BCUT2D eigenvalue weighted by Gasteiger charge is -2.12. The van der Waals surface area contributed by atoms with E-state index in [1.165, 1.54) is 0 Å². The predicted molar refractivity (Wildman–Crippen MR) is 48.1 cm³/mol. The summed E-state index contributed by atoms with van der Waals surface area (Å²) >= 11 is 0. The Labute approximate surface area is 78.1 Å². The monoisotopic (exact) mass is 215 g/mol. The molecule has 0 spiro atoms. The Kier molecular flexibility index (Phi) is 1.58. The van der Waals surface area contributed by atoms with Crippen molar-refractivity contribution < 1.29 is 8.42 Å². The lowest BCUT2D eigenvalue weighted by molar-refractivity contribution is 0.602. The number of anilines is 1. The van der Waals surface area contributed by atoms with Crippen LogP contribution in [0.4, 0.5) is 5.82 Å². The third-order valence-electron chi connectivity index (χ3n) is 1.49. The average molecular weight is 215 g/mol. The predicted octanol–water partition coefficient (Wildman–Crippen LogP) is -1.85. The molecule has 0 fully saturated rings. The van der Waals surface area contributed by atoms with Gasteiger partial charge in [-0.25, -0.2) is 9.71 Å². The Morgan fingerprint density at radius 2 is 2.14 bits per heavy atom. The molecule has 0 saturated carbocycles. The Bertz CT molecular complexity index is 571. The molecule has 2 rings (SSSR count). The molecule has 0 bridgehead atoms. The molecule has 0 amide bonds. The summed E-state index contributed by atoms with van der Waals surface area (Å²) in [5, 5.41) is 0. The van der Waals surface area contributed by atoms with Gasteiger partial charge in [0.05, 0.1) is 6.20 Å². The SMILES string of the molecule is NC1=NS(=O)(=O)Nc2[nH]c(=O)cnc21. The van der Waals surface area contributed by atoms with Crippen LogP contribution in [0.5, 0.6) is 0 Å². The second-order valence-electron chi connectivity index (χ2n) is 2.52. The van der Waals surface area contributed by atoms with Crippen LogP contribution < -0.4 is 16.0 Å². The number of amidine groups is 1. The molecular formula is C5H5N5O3S. The molecule has 4 N–H and O–H groups in total. The number of rotatable bonds is 0. The number of fused-ring (bicyclic) bond motifs is 1. The van der Waals surface area contributed by atoms with E-state index in [1.807, 2.05) is 4.72 Å². The molecular weight excluding hydrogens is 210 g/mol. The third-order valence-corrected chi connectivity index (χ3v) is 2.39. The summed E-state index contributed by atoms with van der Waals surface area (Å²) < 4.78 is 27.2. The Morgan fingerprint density at radius 3 is 2.86 bits per heavy atom. The molecule has 74 valence electrons. The molecule has 9 heteroatoms. The maximum Gasteiger partial charge on any atom is 0.345 e. The highest BCUT2D eigenvalue weighted by molar-refractivity contribution is 7.91. The molecule has 2 heterocycles. The van der Waals surface area contributed by atoms with Crippen molar-refractivity contribution in [3.63, 3.8) is 0 Å². The Hall–Kier alpha value is -1.90. The van der Waals surface area contributed by atoms with E-state index in [0.29, 0.717) is 0 Å². The largest absolute Gasteiger partial charge is 0.381 e. The van der Waals surface area contributed by atoms with Gasteiger partial charge in [0.15, 0.2) is 11.7 Å². The summed E-state index contributed by atoms with van der Waals surface area (Å²) in [6.45, 7) is 0. The van der Waals surface area contributed by atoms with Crippen LogP contribution in [-0.4, -0.2) is 24.2 Å². The summed E-state index contributed by atoms with van der Waals surface area (Å²) in [5.74, 6) is -0.319. The minimum Gasteiger partial charge on any atom is -0.381 e. The lowest BCUT2D eigenvalue weighted by atomic mass is 10.4. The number of nitrogens with two attached hydrogens (primary N) is 1. The number of aromatic amines is 1. The fraction of sp³-hybridized carbons (Fsp3) is 0. The topological polar surface area (TPSA) is 130 Å². The van der Waals surface area contributed by atoms with E-state index in [9.17, 15) is 13.2 Å². The van der Waals surface area contributed by atoms with Crippen molar-refractivity contribution in [2.75, 3.05) is 4.72 Å². The van der Waals surface area contributed by atoms with E-state index in [4.69, 9.17) is 5.73 Å². The summed E-state index contributed by atoms with van der Waals surface area (Å²) in [6.07, 6.45) is 0.987. The van der Waals surface area contributed by atoms with Gasteiger partial charge in [-0.1, -0.05) is 0 Å². The van der Waals surface area contributed by atoms with Crippen molar-refractivity contribution in [1.82, 2.24) is 9.97 Å². The van der Waals surface area contributed by atoms with Crippen molar-refractivity contribution >= 4 is 21.9 Å². The van der Waals surface area contributed by atoms with Crippen molar-refractivity contribution in [1.29, 1.82) is 0 Å². The molecule has 0 saturated heterocycles. The molecule has 1 aromatic rings. The molecule has 0 radical (unpaired) electrons. The number of hydrogen-bond acceptors (Lipinski definition) is 5. The van der Waals surface area contributed by atoms with E-state index < -0.39 is 15.8 Å². The summed E-state index contributed by atoms with van der Waals surface area (Å²) in [5.41, 5.74) is 4.90. The maximum atomic E-state index is 11.0. The lowest BCUT2D eigenvalue weighted by Crippen LogP contribution is -2.30. The Balaban J connectivity index is 2.74. The first-order valence-corrected chi connectivity index (χ1v) is 4.90. The zero-order valence-corrected chi connectivity index (χ0v) is 7.50. The fourth-order valence-corrected chi connectivity index (χ4v) is 1.79. The van der Waals surface area contributed by atoms with Crippen LogP contribution in [-0.2, 0) is 10.2 Å². The van der Waals surface area contributed by atoms with E-state index in [-0.39, 0.29) is 17.3 Å². The zero-order chi connectivity index (χ0) is 10.3. The van der Waals surface area contributed by atoms with Crippen LogP contribution >= 0.6 is 0 Å². The van der Waals surface area contributed by atoms with Crippen molar-refractivity contribution in [3.05, 3.63) is 22.2 Å². The molecule has 0 aliphatic carbocycles. The van der Waals surface area contributed by atoms with Gasteiger partial charge >= 0.3 is 10.2 Å². The maximum absolute atomic E-state index is 11.0. The highest BCUT2D eigenvalue weighted by Crippen LogP contribution is 2.14. The first kappa shape index (κ1) is 8.69. The van der Waals surface area contributed by atoms with E-state index in [1.54, 1.807) is 0 Å². The van der Waals surface area contributed by atoms with Crippen molar-refractivity contribution in [3.8, 4) is 0 Å². The van der Waals surface area contributed by atoms with Gasteiger partial charge in [-0.05, 0) is 0 Å². The van der Waals surface area contributed by atoms with E-state index in [2.05, 4.69) is 14.4 Å². The van der Waals surface area contributed by atoms with Gasteiger partial charge in [0.2, 0.25) is 0 Å². The Morgan fingerprint density at radius 1 is 1.43 bits per heavy atom. The number of aromatic nitrogens is 2. The van der Waals surface area contributed by atoms with Crippen LogP contribution in [0.2, 0.25) is 0 Å². The molecule has 8 nitrogen and oxygen atoms in total. The molecule has 14 heavy (non-hydrogen) atoms. The van der Waals surface area contributed by atoms with Crippen LogP contribution in [0.15, 0.2) is 15.4 Å². The van der Waals surface area contributed by atoms with Crippen LogP contribution in [0.1, 0.15) is 5.69 Å². The average Bonchev–Trinajstić information content (AvgIpc) is 2.00. The summed E-state index contributed by atoms with van der Waals surface area (Å²) in [4.78, 5) is 16.7. The van der Waals surface area contributed by atoms with Gasteiger partial charge in [0.25, 0.3) is 5.56 Å². The second-order valence-corrected chi connectivity index (χ2v) is 3.86. The van der Waals surface area contributed by atoms with Gasteiger partial charge in [0.1, 0.15) is 5.69 Å². The van der Waals surface area contributed by atoms with Gasteiger partial charge in [-0.3, -0.25) is 4.79 Å². The third kappa shape index (κ3) is 1.33. The first-order chi connectivity index (χ1) is 6.48. The molecule has 0 aromatic carbocycles. The summed E-state index contributed by atoms with van der Waals surface area (Å²) in [7, 11) is -3.86. The molecule has 1 aromatic heterocycles. The highest BCUT2D eigenvalue weighted by atomic mass is 32.2. The number of nitrogens with zero attached hydrogens (tertiary/aromatic N) is 2. The first-order valence-electron chi connectivity index (χ1n) is 3.46. The second kappa shape index (κ2) is 2.54. The van der Waals surface area contributed by atoms with Gasteiger partial charge in [-0.2, -0.15) is 8.42 Å². The van der Waals surface area contributed by atoms with Crippen LogP contribution in [0.3, 0.4) is 0 Å². The molecule has 1 aliphatic rings. The molecule has 1 aliphatic heterocycles. The number of hydrogen-bond donors (Lipinski definition) is 3. The van der Waals surface area contributed by atoms with E-state index >= 15 is 0 Å². The standard InChI is InChI=1S/C5H5N5O3S/c6-4-3-5(8-2(11)1-7-3)10-14(12,13)9-4/h1H,(H2,6,9)(H2,8,10,11). The molecule has 0 unspecified atom stereocenters. The van der Waals surface area contributed by atoms with Crippen LogP contribution in [0, 0.1) is 0 Å². The van der Waals surface area contributed by atoms with Crippen molar-refractivity contribution in [2.45, 2.75) is 0 Å². The minimum absolute atomic E-state index is 0.0648. The quantitative estimate of drug-likeness (QED) is 0.467. The zero-order valence-electron chi connectivity index (χ0n) is 6.68. The minimum atomic E-state index is -3.86. The molecule has 0 atom stereocenters. The number of H-pyrrole nitrogens is 1. The fourth-order valence-electron chi connectivity index (χ4n) is 0.995. The van der Waals surface area contributed by atoms with Gasteiger partial charge < -0.3 is 10.7 Å². The number of nitrogens with one attached hydrogen (secondary N) is 2. The van der Waals surface area contributed by atoms with Crippen molar-refractivity contribution in [2.24, 2.45) is 10.1 Å². The van der Waals surface area contributed by atoms with E-state index in [0.717, 1.165) is 6.20 Å². The summed E-state index contributed by atoms with van der Waals surface area (Å²) in [6, 6.07) is 0. The van der Waals surface area contributed by atoms with Crippen LogP contribution in [0.25, 0.3) is 0 Å².